The van der Waals surface area contributed by atoms with Crippen LogP contribution < -0.4 is 5.32 Å². The Kier molecular flexibility index (Phi) is 6.83. The van der Waals surface area contributed by atoms with Crippen LogP contribution in [0.3, 0.4) is 0 Å². The number of ether oxygens (including phenoxy) is 1. The number of hydrogen-bond acceptors (Lipinski definition) is 5. The Morgan fingerprint density at radius 2 is 1.94 bits per heavy atom. The number of nitrogens with zero attached hydrogens (tertiary/aromatic N) is 3. The molecule has 3 aliphatic rings. The predicted octanol–water partition coefficient (Wildman–Crippen LogP) is 1.78. The number of carbonyl (C=O) groups is 2. The summed E-state index contributed by atoms with van der Waals surface area (Å²) in [6, 6.07) is 5.60. The van der Waals surface area contributed by atoms with Crippen LogP contribution in [0.1, 0.15) is 41.6 Å². The van der Waals surface area contributed by atoms with Gasteiger partial charge in [0.2, 0.25) is 5.91 Å². The van der Waals surface area contributed by atoms with Crippen LogP contribution in [0.5, 0.6) is 0 Å². The molecular formula is C23H29FN4O3. The number of nitriles is 1. The Hall–Kier alpha value is -2.50. The average molecular weight is 429 g/mol. The van der Waals surface area contributed by atoms with E-state index >= 15 is 0 Å². The molecule has 2 heterocycles. The largest absolute Gasteiger partial charge is 0.365 e. The molecule has 1 atom stereocenters. The third kappa shape index (κ3) is 5.81. The first-order valence-electron chi connectivity index (χ1n) is 11.1. The normalized spacial score (nSPS) is 22.9. The third-order valence-corrected chi connectivity index (χ3v) is 6.45. The van der Waals surface area contributed by atoms with Crippen LogP contribution in [0.25, 0.3) is 0 Å². The van der Waals surface area contributed by atoms with Crippen LogP contribution in [-0.4, -0.2) is 73.6 Å². The maximum atomic E-state index is 14.0. The van der Waals surface area contributed by atoms with Crippen molar-refractivity contribution in [3.05, 3.63) is 35.1 Å². The van der Waals surface area contributed by atoms with Gasteiger partial charge in [0.05, 0.1) is 23.3 Å². The predicted molar refractivity (Wildman–Crippen MR) is 112 cm³/mol. The van der Waals surface area contributed by atoms with Crippen molar-refractivity contribution in [2.75, 3.05) is 45.9 Å². The molecule has 1 saturated carbocycles. The molecule has 2 amide bonds. The zero-order valence-electron chi connectivity index (χ0n) is 17.7. The first-order valence-corrected chi connectivity index (χ1v) is 11.1. The molecule has 1 aliphatic carbocycles. The van der Waals surface area contributed by atoms with E-state index in [-0.39, 0.29) is 36.3 Å². The van der Waals surface area contributed by atoms with E-state index in [9.17, 15) is 14.0 Å². The van der Waals surface area contributed by atoms with Gasteiger partial charge in [0, 0.05) is 26.2 Å². The molecule has 1 N–H and O–H groups in total. The highest BCUT2D eigenvalue weighted by atomic mass is 19.1. The molecule has 1 aromatic carbocycles. The van der Waals surface area contributed by atoms with Gasteiger partial charge in [-0.1, -0.05) is 0 Å². The molecular weight excluding hydrogens is 399 g/mol. The van der Waals surface area contributed by atoms with Gasteiger partial charge in [0.25, 0.3) is 5.91 Å². The third-order valence-electron chi connectivity index (χ3n) is 6.45. The topological polar surface area (TPSA) is 85.7 Å². The number of amides is 2. The van der Waals surface area contributed by atoms with Crippen molar-refractivity contribution < 1.29 is 18.7 Å². The maximum absolute atomic E-state index is 14.0. The molecule has 31 heavy (non-hydrogen) atoms. The van der Waals surface area contributed by atoms with Gasteiger partial charge in [-0.2, -0.15) is 5.26 Å². The van der Waals surface area contributed by atoms with Crippen LogP contribution in [-0.2, 0) is 9.53 Å². The Balaban J connectivity index is 1.23. The molecule has 2 aliphatic heterocycles. The fourth-order valence-electron chi connectivity index (χ4n) is 4.38. The summed E-state index contributed by atoms with van der Waals surface area (Å²) in [4.78, 5) is 29.0. The fraction of sp³-hybridized carbons (Fsp3) is 0.609. The van der Waals surface area contributed by atoms with Gasteiger partial charge in [0.1, 0.15) is 12.4 Å². The lowest BCUT2D eigenvalue weighted by molar-refractivity contribution is -0.149. The second-order valence-corrected chi connectivity index (χ2v) is 8.94. The molecule has 2 saturated heterocycles. The quantitative estimate of drug-likeness (QED) is 0.716. The Morgan fingerprint density at radius 1 is 1.19 bits per heavy atom. The molecule has 0 bridgehead atoms. The molecule has 1 unspecified atom stereocenters. The Labute approximate surface area is 182 Å². The lowest BCUT2D eigenvalue weighted by Crippen LogP contribution is -2.52. The number of benzene rings is 1. The lowest BCUT2D eigenvalue weighted by Gasteiger charge is -2.38. The van der Waals surface area contributed by atoms with Crippen LogP contribution in [0.4, 0.5) is 4.39 Å². The van der Waals surface area contributed by atoms with Crippen molar-refractivity contribution in [3.8, 4) is 6.07 Å². The van der Waals surface area contributed by atoms with Crippen LogP contribution in [0.15, 0.2) is 18.2 Å². The summed E-state index contributed by atoms with van der Waals surface area (Å²) < 4.78 is 19.6. The van der Waals surface area contributed by atoms with Crippen LogP contribution in [0.2, 0.25) is 0 Å². The van der Waals surface area contributed by atoms with Crippen molar-refractivity contribution in [1.29, 1.82) is 5.26 Å². The van der Waals surface area contributed by atoms with E-state index < -0.39 is 11.7 Å². The second kappa shape index (κ2) is 9.75. The van der Waals surface area contributed by atoms with E-state index in [2.05, 4.69) is 10.2 Å². The van der Waals surface area contributed by atoms with Gasteiger partial charge in [0.15, 0.2) is 0 Å². The molecule has 3 fully saturated rings. The fourth-order valence-corrected chi connectivity index (χ4v) is 4.38. The summed E-state index contributed by atoms with van der Waals surface area (Å²) >= 11 is 0. The second-order valence-electron chi connectivity index (χ2n) is 8.94. The minimum atomic E-state index is -0.731. The minimum absolute atomic E-state index is 0.00624. The van der Waals surface area contributed by atoms with E-state index in [1.165, 1.54) is 31.5 Å². The average Bonchev–Trinajstić information content (AvgIpc) is 3.59. The van der Waals surface area contributed by atoms with E-state index in [1.807, 2.05) is 11.0 Å². The van der Waals surface area contributed by atoms with Gasteiger partial charge in [-0.25, -0.2) is 4.39 Å². The highest BCUT2D eigenvalue weighted by Gasteiger charge is 2.31. The highest BCUT2D eigenvalue weighted by Crippen LogP contribution is 2.31. The Bertz CT molecular complexity index is 859. The summed E-state index contributed by atoms with van der Waals surface area (Å²) in [5.74, 6) is 0.107. The monoisotopic (exact) mass is 428 g/mol. The zero-order chi connectivity index (χ0) is 21.8. The Morgan fingerprint density at radius 3 is 2.61 bits per heavy atom. The number of rotatable bonds is 7. The van der Waals surface area contributed by atoms with E-state index in [4.69, 9.17) is 10.00 Å². The first-order chi connectivity index (χ1) is 15.0. The molecule has 4 rings (SSSR count). The van der Waals surface area contributed by atoms with Gasteiger partial charge in [-0.3, -0.25) is 9.59 Å². The molecule has 8 heteroatoms. The van der Waals surface area contributed by atoms with Crippen molar-refractivity contribution in [1.82, 2.24) is 15.1 Å². The van der Waals surface area contributed by atoms with Crippen LogP contribution in [0, 0.1) is 29.0 Å². The van der Waals surface area contributed by atoms with Gasteiger partial charge in [-0.05, 0) is 68.8 Å². The van der Waals surface area contributed by atoms with Gasteiger partial charge in [-0.15, -0.1) is 0 Å². The standard InChI is InChI=1S/C23H29FN4O3/c24-21-9-18(10-25)3-4-20(21)23(30)26-11-19-14-28(22(29)15-31-19)13-17-5-7-27(8-6-17)12-16-1-2-16/h3-4,9,16-17,19H,1-2,5-8,11-15H2,(H,26,30). The smallest absolute Gasteiger partial charge is 0.254 e. The number of carbonyl (C=O) groups excluding carboxylic acids is 2. The van der Waals surface area contributed by atoms with E-state index in [0.717, 1.165) is 44.5 Å². The molecule has 0 aromatic heterocycles. The van der Waals surface area contributed by atoms with Crippen molar-refractivity contribution >= 4 is 11.8 Å². The number of hydrogen-bond donors (Lipinski definition) is 1. The SMILES string of the molecule is N#Cc1ccc(C(=O)NCC2CN(CC3CCN(CC4CC4)CC3)C(=O)CO2)c(F)c1. The first kappa shape index (κ1) is 21.7. The van der Waals surface area contributed by atoms with E-state index in [0.29, 0.717) is 12.5 Å². The maximum Gasteiger partial charge on any atom is 0.254 e. The number of nitrogens with one attached hydrogen (secondary N) is 1. The number of morpholine rings is 1. The molecule has 0 spiro atoms. The summed E-state index contributed by atoms with van der Waals surface area (Å²) in [6.45, 7) is 4.80. The van der Waals surface area contributed by atoms with Crippen molar-refractivity contribution in [2.24, 2.45) is 11.8 Å². The minimum Gasteiger partial charge on any atom is -0.365 e. The summed E-state index contributed by atoms with van der Waals surface area (Å²) in [6.07, 6.45) is 4.64. The van der Waals surface area contributed by atoms with Crippen molar-refractivity contribution in [3.63, 3.8) is 0 Å². The zero-order valence-corrected chi connectivity index (χ0v) is 17.7. The van der Waals surface area contributed by atoms with Gasteiger partial charge < -0.3 is 19.9 Å². The molecule has 1 aromatic rings. The van der Waals surface area contributed by atoms with E-state index in [1.54, 1.807) is 0 Å². The highest BCUT2D eigenvalue weighted by molar-refractivity contribution is 5.94. The molecule has 7 nitrogen and oxygen atoms in total. The van der Waals surface area contributed by atoms with Crippen molar-refractivity contribution in [2.45, 2.75) is 31.8 Å². The number of piperidine rings is 1. The number of halogens is 1. The summed E-state index contributed by atoms with van der Waals surface area (Å²) in [7, 11) is 0. The molecule has 0 radical (unpaired) electrons. The summed E-state index contributed by atoms with van der Waals surface area (Å²) in [5.41, 5.74) is 0.0536. The number of likely N-dealkylation sites (tertiary alicyclic amines) is 1. The van der Waals surface area contributed by atoms with Gasteiger partial charge >= 0.3 is 0 Å². The lowest BCUT2D eigenvalue weighted by atomic mass is 9.95. The van der Waals surface area contributed by atoms with Crippen LogP contribution >= 0.6 is 0 Å². The molecule has 166 valence electrons. The summed E-state index contributed by atoms with van der Waals surface area (Å²) in [5, 5.41) is 11.5.